The third-order valence-corrected chi connectivity index (χ3v) is 4.56. The summed E-state index contributed by atoms with van der Waals surface area (Å²) in [6.45, 7) is 0.543. The number of hydrogen-bond acceptors (Lipinski definition) is 2. The monoisotopic (exact) mass is 284 g/mol. The average Bonchev–Trinajstić information content (AvgIpc) is 2.81. The Bertz CT molecular complexity index is 522. The molecule has 2 aliphatic carbocycles. The topological polar surface area (TPSA) is 46.5 Å². The van der Waals surface area contributed by atoms with Gasteiger partial charge in [-0.25, -0.2) is 9.18 Å². The summed E-state index contributed by atoms with van der Waals surface area (Å²) < 4.78 is 19.1. The number of aromatic carboxylic acids is 1. The third kappa shape index (κ3) is 2.29. The van der Waals surface area contributed by atoms with E-state index in [-0.39, 0.29) is 10.8 Å². The maximum atomic E-state index is 13.5. The lowest BCUT2D eigenvalue weighted by Gasteiger charge is -2.10. The normalized spacial score (nSPS) is 28.0. The van der Waals surface area contributed by atoms with Crippen LogP contribution in [0.2, 0.25) is 5.02 Å². The van der Waals surface area contributed by atoms with Gasteiger partial charge >= 0.3 is 5.97 Å². The molecular weight excluding hydrogens is 271 g/mol. The highest BCUT2D eigenvalue weighted by Gasteiger charge is 2.52. The quantitative estimate of drug-likeness (QED) is 0.919. The van der Waals surface area contributed by atoms with Gasteiger partial charge in [0.05, 0.1) is 17.2 Å². The minimum absolute atomic E-state index is 0.143. The molecule has 1 unspecified atom stereocenters. The molecule has 2 aliphatic rings. The molecule has 3 atom stereocenters. The fourth-order valence-electron chi connectivity index (χ4n) is 3.21. The van der Waals surface area contributed by atoms with E-state index in [9.17, 15) is 9.18 Å². The molecule has 0 spiro atoms. The zero-order valence-electron chi connectivity index (χ0n) is 10.2. The van der Waals surface area contributed by atoms with E-state index in [2.05, 4.69) is 0 Å². The van der Waals surface area contributed by atoms with Gasteiger partial charge in [-0.05, 0) is 36.7 Å². The molecule has 0 aliphatic heterocycles. The number of benzene rings is 1. The van der Waals surface area contributed by atoms with E-state index in [4.69, 9.17) is 21.4 Å². The molecule has 2 saturated carbocycles. The maximum absolute atomic E-state index is 13.5. The summed E-state index contributed by atoms with van der Waals surface area (Å²) in [5, 5.41) is 8.92. The Balaban J connectivity index is 1.68. The number of carbonyl (C=O) groups is 1. The van der Waals surface area contributed by atoms with Gasteiger partial charge in [0.25, 0.3) is 0 Å². The molecule has 3 rings (SSSR count). The van der Waals surface area contributed by atoms with E-state index in [0.717, 1.165) is 24.0 Å². The summed E-state index contributed by atoms with van der Waals surface area (Å²) in [5.74, 6) is 0.176. The van der Waals surface area contributed by atoms with Gasteiger partial charge in [0.15, 0.2) is 0 Å². The van der Waals surface area contributed by atoms with Crippen LogP contribution < -0.4 is 4.74 Å². The smallest absolute Gasteiger partial charge is 0.338 e. The number of carboxylic acid groups (broad SMARTS) is 1. The first kappa shape index (κ1) is 12.7. The zero-order valence-corrected chi connectivity index (χ0v) is 11.0. The van der Waals surface area contributed by atoms with E-state index >= 15 is 0 Å². The summed E-state index contributed by atoms with van der Waals surface area (Å²) in [6, 6.07) is 2.16. The van der Waals surface area contributed by atoms with Crippen molar-refractivity contribution in [1.29, 1.82) is 0 Å². The molecule has 0 aromatic heterocycles. The largest absolute Gasteiger partial charge is 0.492 e. The lowest BCUT2D eigenvalue weighted by atomic mass is 10.1. The summed E-state index contributed by atoms with van der Waals surface area (Å²) in [4.78, 5) is 10.8. The number of carboxylic acids is 1. The minimum atomic E-state index is -1.33. The molecule has 2 fully saturated rings. The Morgan fingerprint density at radius 1 is 1.42 bits per heavy atom. The number of ether oxygens (including phenoxy) is 1. The van der Waals surface area contributed by atoms with Crippen LogP contribution >= 0.6 is 11.6 Å². The Kier molecular flexibility index (Phi) is 3.13. The average molecular weight is 285 g/mol. The van der Waals surface area contributed by atoms with Gasteiger partial charge in [-0.3, -0.25) is 0 Å². The first-order valence-corrected chi connectivity index (χ1v) is 6.81. The summed E-state index contributed by atoms with van der Waals surface area (Å²) >= 11 is 5.91. The van der Waals surface area contributed by atoms with Crippen molar-refractivity contribution < 1.29 is 19.0 Å². The number of hydrogen-bond donors (Lipinski definition) is 1. The molecule has 1 N–H and O–H groups in total. The summed E-state index contributed by atoms with van der Waals surface area (Å²) in [6.07, 6.45) is 3.83. The molecule has 0 amide bonds. The van der Waals surface area contributed by atoms with Crippen LogP contribution in [0.3, 0.4) is 0 Å². The fourth-order valence-corrected chi connectivity index (χ4v) is 3.42. The Hall–Kier alpha value is -1.29. The molecule has 5 heteroatoms. The molecule has 1 aromatic carbocycles. The van der Waals surface area contributed by atoms with Gasteiger partial charge in [-0.1, -0.05) is 18.0 Å². The Labute approximate surface area is 115 Å². The highest BCUT2D eigenvalue weighted by Crippen LogP contribution is 2.57. The van der Waals surface area contributed by atoms with E-state index in [1.165, 1.54) is 19.3 Å². The van der Waals surface area contributed by atoms with Crippen LogP contribution in [0.5, 0.6) is 5.75 Å². The van der Waals surface area contributed by atoms with Crippen molar-refractivity contribution in [2.24, 2.45) is 17.8 Å². The zero-order chi connectivity index (χ0) is 13.6. The highest BCUT2D eigenvalue weighted by atomic mass is 35.5. The Morgan fingerprint density at radius 2 is 2.11 bits per heavy atom. The van der Waals surface area contributed by atoms with E-state index in [1.807, 2.05) is 0 Å². The van der Waals surface area contributed by atoms with Crippen molar-refractivity contribution in [3.63, 3.8) is 0 Å². The second kappa shape index (κ2) is 4.67. The first-order chi connectivity index (χ1) is 9.08. The number of rotatable bonds is 4. The van der Waals surface area contributed by atoms with Gasteiger partial charge in [0.1, 0.15) is 11.6 Å². The van der Waals surface area contributed by atoms with Crippen LogP contribution in [0.15, 0.2) is 12.1 Å². The van der Waals surface area contributed by atoms with Gasteiger partial charge in [-0.2, -0.15) is 0 Å². The predicted octanol–water partition coefficient (Wildman–Crippen LogP) is 3.60. The van der Waals surface area contributed by atoms with Crippen molar-refractivity contribution in [2.75, 3.05) is 6.61 Å². The standard InChI is InChI=1S/C14H14ClFO3/c15-11-4-9(14(17)18)12(16)5-13(11)19-6-10-7-2-1-3-8(7)10/h4-5,7-8,10H,1-3,6H2,(H,17,18)/t7-,8+,10?. The van der Waals surface area contributed by atoms with Crippen LogP contribution in [0, 0.1) is 23.6 Å². The highest BCUT2D eigenvalue weighted by molar-refractivity contribution is 6.32. The SMILES string of the molecule is O=C(O)c1cc(Cl)c(OCC2[C@H]3CCC[C@@H]23)cc1F. The number of fused-ring (bicyclic) bond motifs is 1. The van der Waals surface area contributed by atoms with Gasteiger partial charge in [-0.15, -0.1) is 0 Å². The Morgan fingerprint density at radius 3 is 2.74 bits per heavy atom. The molecule has 19 heavy (non-hydrogen) atoms. The maximum Gasteiger partial charge on any atom is 0.338 e. The molecule has 102 valence electrons. The van der Waals surface area contributed by atoms with Crippen molar-refractivity contribution >= 4 is 17.6 Å². The first-order valence-electron chi connectivity index (χ1n) is 6.43. The number of halogens is 2. The lowest BCUT2D eigenvalue weighted by Crippen LogP contribution is -2.06. The molecule has 0 radical (unpaired) electrons. The molecule has 0 heterocycles. The molecule has 0 bridgehead atoms. The van der Waals surface area contributed by atoms with Crippen molar-refractivity contribution in [2.45, 2.75) is 19.3 Å². The molecular formula is C14H14ClFO3. The molecule has 0 saturated heterocycles. The van der Waals surface area contributed by atoms with Gasteiger partial charge < -0.3 is 9.84 Å². The van der Waals surface area contributed by atoms with Crippen molar-refractivity contribution in [1.82, 2.24) is 0 Å². The lowest BCUT2D eigenvalue weighted by molar-refractivity contribution is 0.0692. The van der Waals surface area contributed by atoms with Gasteiger partial charge in [0.2, 0.25) is 0 Å². The fraction of sp³-hybridized carbons (Fsp3) is 0.500. The summed E-state index contributed by atoms with van der Waals surface area (Å²) in [7, 11) is 0. The predicted molar refractivity (Wildman–Crippen MR) is 68.2 cm³/mol. The van der Waals surface area contributed by atoms with E-state index < -0.39 is 17.3 Å². The van der Waals surface area contributed by atoms with E-state index in [1.54, 1.807) is 0 Å². The third-order valence-electron chi connectivity index (χ3n) is 4.27. The van der Waals surface area contributed by atoms with Crippen molar-refractivity contribution in [3.8, 4) is 5.75 Å². The van der Waals surface area contributed by atoms with Crippen LogP contribution in [-0.2, 0) is 0 Å². The molecule has 1 aromatic rings. The minimum Gasteiger partial charge on any atom is -0.492 e. The molecule has 3 nitrogen and oxygen atoms in total. The van der Waals surface area contributed by atoms with Crippen LogP contribution in [0.1, 0.15) is 29.6 Å². The van der Waals surface area contributed by atoms with Crippen molar-refractivity contribution in [3.05, 3.63) is 28.5 Å². The summed E-state index contributed by atoms with van der Waals surface area (Å²) in [5.41, 5.74) is -0.430. The van der Waals surface area contributed by atoms with Crippen LogP contribution in [0.25, 0.3) is 0 Å². The van der Waals surface area contributed by atoms with E-state index in [0.29, 0.717) is 12.5 Å². The second-order valence-electron chi connectivity index (χ2n) is 5.30. The second-order valence-corrected chi connectivity index (χ2v) is 5.71. The van der Waals surface area contributed by atoms with Gasteiger partial charge in [0, 0.05) is 6.07 Å². The van der Waals surface area contributed by atoms with Crippen LogP contribution in [-0.4, -0.2) is 17.7 Å². The van der Waals surface area contributed by atoms with Crippen LogP contribution in [0.4, 0.5) is 4.39 Å².